The minimum absolute atomic E-state index is 0.0914. The minimum Gasteiger partial charge on any atom is -0.497 e. The summed E-state index contributed by atoms with van der Waals surface area (Å²) in [4.78, 5) is 22.5. The second-order valence-electron chi connectivity index (χ2n) is 9.01. The maximum atomic E-state index is 13.4. The molecule has 34 heavy (non-hydrogen) atoms. The lowest BCUT2D eigenvalue weighted by atomic mass is 9.83. The summed E-state index contributed by atoms with van der Waals surface area (Å²) >= 11 is 6.07. The Labute approximate surface area is 205 Å². The van der Waals surface area contributed by atoms with Crippen molar-refractivity contribution in [3.05, 3.63) is 88.7 Å². The van der Waals surface area contributed by atoms with E-state index < -0.39 is 0 Å². The van der Waals surface area contributed by atoms with Crippen LogP contribution in [0, 0.1) is 5.92 Å². The lowest BCUT2D eigenvalue weighted by Gasteiger charge is -2.49. The largest absolute Gasteiger partial charge is 0.497 e. The van der Waals surface area contributed by atoms with Crippen molar-refractivity contribution in [2.24, 2.45) is 5.92 Å². The Kier molecular flexibility index (Phi) is 6.70. The number of nitrogens with one attached hydrogen (secondary N) is 1. The Morgan fingerprint density at radius 1 is 1.15 bits per heavy atom. The Bertz CT molecular complexity index is 1140. The van der Waals surface area contributed by atoms with E-state index in [0.717, 1.165) is 42.5 Å². The van der Waals surface area contributed by atoms with Crippen LogP contribution in [0.5, 0.6) is 5.75 Å². The molecule has 5 rings (SSSR count). The number of fused-ring (bicyclic) bond motifs is 3. The number of carbonyl (C=O) groups excluding carboxylic acids is 1. The summed E-state index contributed by atoms with van der Waals surface area (Å²) in [5.41, 5.74) is 4.62. The van der Waals surface area contributed by atoms with Gasteiger partial charge in [0, 0.05) is 61.9 Å². The van der Waals surface area contributed by atoms with Gasteiger partial charge in [0.15, 0.2) is 0 Å². The van der Waals surface area contributed by atoms with Gasteiger partial charge in [0.1, 0.15) is 5.75 Å². The summed E-state index contributed by atoms with van der Waals surface area (Å²) < 4.78 is 5.50. The van der Waals surface area contributed by atoms with Crippen LogP contribution in [0.3, 0.4) is 0 Å². The normalized spacial score (nSPS) is 19.8. The summed E-state index contributed by atoms with van der Waals surface area (Å²) in [5, 5.41) is 3.91. The molecule has 0 spiro atoms. The van der Waals surface area contributed by atoms with Crippen molar-refractivity contribution < 1.29 is 9.53 Å². The minimum atomic E-state index is -0.134. The van der Waals surface area contributed by atoms with E-state index in [-0.39, 0.29) is 17.9 Å². The number of pyridine rings is 1. The first kappa shape index (κ1) is 22.7. The quantitative estimate of drug-likeness (QED) is 0.584. The molecule has 7 heteroatoms. The number of ether oxygens (including phenoxy) is 1. The second kappa shape index (κ2) is 10.0. The van der Waals surface area contributed by atoms with E-state index in [2.05, 4.69) is 44.4 Å². The first-order chi connectivity index (χ1) is 16.6. The number of benzene rings is 2. The molecule has 3 heterocycles. The van der Waals surface area contributed by atoms with Gasteiger partial charge in [0.2, 0.25) is 5.91 Å². The number of methoxy groups -OCH3 is 1. The highest BCUT2D eigenvalue weighted by molar-refractivity contribution is 6.30. The van der Waals surface area contributed by atoms with Crippen molar-refractivity contribution in [1.82, 2.24) is 15.2 Å². The van der Waals surface area contributed by atoms with Gasteiger partial charge in [-0.1, -0.05) is 35.9 Å². The number of hydrogen-bond acceptors (Lipinski definition) is 5. The molecular formula is C27H29ClN4O2. The summed E-state index contributed by atoms with van der Waals surface area (Å²) in [6, 6.07) is 18.2. The number of nitrogens with zero attached hydrogens (tertiary/aromatic N) is 3. The monoisotopic (exact) mass is 476 g/mol. The Morgan fingerprint density at radius 2 is 2.00 bits per heavy atom. The van der Waals surface area contributed by atoms with E-state index in [0.29, 0.717) is 13.0 Å². The van der Waals surface area contributed by atoms with Gasteiger partial charge in [-0.2, -0.15) is 0 Å². The van der Waals surface area contributed by atoms with Crippen LogP contribution in [-0.4, -0.2) is 48.6 Å². The molecule has 0 saturated carbocycles. The van der Waals surface area contributed by atoms with E-state index in [1.165, 1.54) is 16.8 Å². The van der Waals surface area contributed by atoms with Gasteiger partial charge in [-0.15, -0.1) is 0 Å². The average Bonchev–Trinajstić information content (AvgIpc) is 2.88. The van der Waals surface area contributed by atoms with E-state index in [9.17, 15) is 4.79 Å². The molecule has 2 atom stereocenters. The third kappa shape index (κ3) is 4.88. The third-order valence-corrected chi connectivity index (χ3v) is 7.11. The molecule has 176 valence electrons. The van der Waals surface area contributed by atoms with Crippen LogP contribution in [0.2, 0.25) is 5.02 Å². The van der Waals surface area contributed by atoms with Crippen LogP contribution in [0.1, 0.15) is 16.7 Å². The van der Waals surface area contributed by atoms with Crippen molar-refractivity contribution in [3.63, 3.8) is 0 Å². The lowest BCUT2D eigenvalue weighted by molar-refractivity contribution is -0.126. The molecule has 3 aromatic rings. The van der Waals surface area contributed by atoms with E-state index in [1.807, 2.05) is 30.3 Å². The zero-order valence-electron chi connectivity index (χ0n) is 19.3. The highest BCUT2D eigenvalue weighted by Crippen LogP contribution is 2.38. The highest BCUT2D eigenvalue weighted by Gasteiger charge is 2.41. The topological polar surface area (TPSA) is 57.7 Å². The lowest BCUT2D eigenvalue weighted by Crippen LogP contribution is -2.60. The second-order valence-corrected chi connectivity index (χ2v) is 9.44. The standard InChI is InChI=1S/C27H29ClN4O2/c1-34-23-9-6-21-13-24(27(33)30-16-20-3-2-10-29-15-20)26-18-31(11-12-32(26)25(21)14-23)17-19-4-7-22(28)8-5-19/h2-10,14-15,24,26H,11-13,16-18H2,1H3,(H,30,33). The van der Waals surface area contributed by atoms with Crippen molar-refractivity contribution in [2.45, 2.75) is 25.6 Å². The Hall–Kier alpha value is -3.09. The SMILES string of the molecule is COc1ccc2c(c1)N1CCN(Cc3ccc(Cl)cc3)CC1C(C(=O)NCc1cccnc1)C2. The molecule has 2 unspecified atom stereocenters. The fraction of sp³-hybridized carbons (Fsp3) is 0.333. The van der Waals surface area contributed by atoms with Gasteiger partial charge in [0.25, 0.3) is 0 Å². The molecule has 2 aromatic carbocycles. The van der Waals surface area contributed by atoms with Crippen LogP contribution in [-0.2, 0) is 24.3 Å². The number of rotatable bonds is 6. The first-order valence-corrected chi connectivity index (χ1v) is 12.1. The predicted octanol–water partition coefficient (Wildman–Crippen LogP) is 3.92. The van der Waals surface area contributed by atoms with E-state index in [4.69, 9.17) is 16.3 Å². The molecule has 0 aliphatic carbocycles. The van der Waals surface area contributed by atoms with Gasteiger partial charge in [0.05, 0.1) is 19.1 Å². The number of piperazine rings is 1. The van der Waals surface area contributed by atoms with Gasteiger partial charge in [-0.05, 0) is 47.4 Å². The van der Waals surface area contributed by atoms with E-state index >= 15 is 0 Å². The molecule has 1 amide bonds. The summed E-state index contributed by atoms with van der Waals surface area (Å²) in [7, 11) is 1.70. The van der Waals surface area contributed by atoms with Crippen LogP contribution in [0.25, 0.3) is 0 Å². The zero-order chi connectivity index (χ0) is 23.5. The molecule has 2 aliphatic heterocycles. The number of carbonyl (C=O) groups is 1. The first-order valence-electron chi connectivity index (χ1n) is 11.7. The molecule has 0 radical (unpaired) electrons. The van der Waals surface area contributed by atoms with Crippen molar-refractivity contribution in [1.29, 1.82) is 0 Å². The van der Waals surface area contributed by atoms with Crippen molar-refractivity contribution in [3.8, 4) is 5.75 Å². The number of aromatic nitrogens is 1. The van der Waals surface area contributed by atoms with Crippen molar-refractivity contribution >= 4 is 23.2 Å². The van der Waals surface area contributed by atoms with Crippen LogP contribution < -0.4 is 15.0 Å². The highest BCUT2D eigenvalue weighted by atomic mass is 35.5. The Morgan fingerprint density at radius 3 is 2.76 bits per heavy atom. The maximum Gasteiger partial charge on any atom is 0.225 e. The van der Waals surface area contributed by atoms with E-state index in [1.54, 1.807) is 19.5 Å². The van der Waals surface area contributed by atoms with Gasteiger partial charge in [-0.25, -0.2) is 0 Å². The average molecular weight is 477 g/mol. The number of anilines is 1. The van der Waals surface area contributed by atoms with Crippen molar-refractivity contribution in [2.75, 3.05) is 31.6 Å². The number of halogens is 1. The van der Waals surface area contributed by atoms with Gasteiger partial charge >= 0.3 is 0 Å². The fourth-order valence-electron chi connectivity index (χ4n) is 5.08. The molecule has 1 fully saturated rings. The summed E-state index contributed by atoms with van der Waals surface area (Å²) in [5.74, 6) is 0.805. The molecule has 1 aromatic heterocycles. The maximum absolute atomic E-state index is 13.4. The Balaban J connectivity index is 1.37. The summed E-state index contributed by atoms with van der Waals surface area (Å²) in [6.45, 7) is 3.95. The zero-order valence-corrected chi connectivity index (χ0v) is 20.0. The molecule has 0 bridgehead atoms. The van der Waals surface area contributed by atoms with Gasteiger partial charge in [-0.3, -0.25) is 14.7 Å². The molecule has 1 saturated heterocycles. The molecular weight excluding hydrogens is 448 g/mol. The number of amides is 1. The summed E-state index contributed by atoms with van der Waals surface area (Å²) in [6.07, 6.45) is 4.25. The van der Waals surface area contributed by atoms with Crippen LogP contribution in [0.15, 0.2) is 67.0 Å². The van der Waals surface area contributed by atoms with Crippen LogP contribution >= 0.6 is 11.6 Å². The predicted molar refractivity (Wildman–Crippen MR) is 134 cm³/mol. The molecule has 2 aliphatic rings. The third-order valence-electron chi connectivity index (χ3n) is 6.85. The molecule has 1 N–H and O–H groups in total. The smallest absolute Gasteiger partial charge is 0.225 e. The number of hydrogen-bond donors (Lipinski definition) is 1. The van der Waals surface area contributed by atoms with Gasteiger partial charge < -0.3 is 15.0 Å². The fourth-order valence-corrected chi connectivity index (χ4v) is 5.20. The molecule has 6 nitrogen and oxygen atoms in total. The van der Waals surface area contributed by atoms with Crippen LogP contribution in [0.4, 0.5) is 5.69 Å².